The van der Waals surface area contributed by atoms with Gasteiger partial charge in [-0.25, -0.2) is 0 Å². The molecule has 1 aliphatic rings. The zero-order chi connectivity index (χ0) is 11.5. The third-order valence-corrected chi connectivity index (χ3v) is 3.36. The molecule has 0 aliphatic carbocycles. The standard InChI is InChI=1S/C10H13N3O2S/c11-7-2-5-16-9(7)10(15)13-4-1-3-12-8(14)6-13/h2,5H,1,3-4,6,11H2,(H,12,14). The van der Waals surface area contributed by atoms with E-state index in [1.807, 2.05) is 0 Å². The molecule has 0 radical (unpaired) electrons. The zero-order valence-corrected chi connectivity index (χ0v) is 9.55. The van der Waals surface area contributed by atoms with Crippen LogP contribution in [-0.2, 0) is 4.79 Å². The average molecular weight is 239 g/mol. The van der Waals surface area contributed by atoms with Gasteiger partial charge in [-0.05, 0) is 17.9 Å². The van der Waals surface area contributed by atoms with Crippen molar-refractivity contribution in [3.05, 3.63) is 16.3 Å². The van der Waals surface area contributed by atoms with Crippen LogP contribution in [0.3, 0.4) is 0 Å². The lowest BCUT2D eigenvalue weighted by Gasteiger charge is -2.18. The van der Waals surface area contributed by atoms with Crippen LogP contribution in [-0.4, -0.2) is 36.3 Å². The second-order valence-corrected chi connectivity index (χ2v) is 4.55. The molecule has 1 aromatic heterocycles. The van der Waals surface area contributed by atoms with Crippen molar-refractivity contribution in [2.75, 3.05) is 25.4 Å². The van der Waals surface area contributed by atoms with Crippen LogP contribution in [0.25, 0.3) is 0 Å². The Morgan fingerprint density at radius 2 is 2.38 bits per heavy atom. The van der Waals surface area contributed by atoms with Crippen LogP contribution in [0.15, 0.2) is 11.4 Å². The van der Waals surface area contributed by atoms with Crippen molar-refractivity contribution >= 4 is 28.8 Å². The van der Waals surface area contributed by atoms with Gasteiger partial charge < -0.3 is 16.0 Å². The van der Waals surface area contributed by atoms with Gasteiger partial charge in [0, 0.05) is 13.1 Å². The quantitative estimate of drug-likeness (QED) is 0.739. The highest BCUT2D eigenvalue weighted by Gasteiger charge is 2.23. The first-order valence-corrected chi connectivity index (χ1v) is 5.95. The van der Waals surface area contributed by atoms with Gasteiger partial charge in [-0.1, -0.05) is 0 Å². The number of rotatable bonds is 1. The number of nitrogen functional groups attached to an aromatic ring is 1. The lowest BCUT2D eigenvalue weighted by molar-refractivity contribution is -0.121. The Balaban J connectivity index is 2.15. The summed E-state index contributed by atoms with van der Waals surface area (Å²) in [5, 5.41) is 4.51. The van der Waals surface area contributed by atoms with Gasteiger partial charge in [0.05, 0.1) is 12.2 Å². The molecular formula is C10H13N3O2S. The minimum Gasteiger partial charge on any atom is -0.397 e. The van der Waals surface area contributed by atoms with Gasteiger partial charge in [-0.3, -0.25) is 9.59 Å². The predicted molar refractivity (Wildman–Crippen MR) is 62.3 cm³/mol. The molecule has 0 atom stereocenters. The number of nitrogens with one attached hydrogen (secondary N) is 1. The van der Waals surface area contributed by atoms with E-state index in [4.69, 9.17) is 5.73 Å². The maximum absolute atomic E-state index is 12.1. The van der Waals surface area contributed by atoms with E-state index >= 15 is 0 Å². The van der Waals surface area contributed by atoms with Crippen molar-refractivity contribution in [3.8, 4) is 0 Å². The Hall–Kier alpha value is -1.56. The smallest absolute Gasteiger partial charge is 0.266 e. The number of nitrogens with two attached hydrogens (primary N) is 1. The lowest BCUT2D eigenvalue weighted by atomic mass is 10.3. The molecule has 1 aromatic rings. The first-order valence-electron chi connectivity index (χ1n) is 5.07. The van der Waals surface area contributed by atoms with Gasteiger partial charge >= 0.3 is 0 Å². The molecule has 2 heterocycles. The lowest BCUT2D eigenvalue weighted by Crippen LogP contribution is -2.37. The van der Waals surface area contributed by atoms with Crippen LogP contribution in [0.2, 0.25) is 0 Å². The summed E-state index contributed by atoms with van der Waals surface area (Å²) in [7, 11) is 0. The molecule has 0 saturated carbocycles. The van der Waals surface area contributed by atoms with Crippen molar-refractivity contribution in [1.82, 2.24) is 10.2 Å². The highest BCUT2D eigenvalue weighted by molar-refractivity contribution is 7.12. The molecule has 2 rings (SSSR count). The Morgan fingerprint density at radius 1 is 1.56 bits per heavy atom. The van der Waals surface area contributed by atoms with Crippen molar-refractivity contribution in [1.29, 1.82) is 0 Å². The van der Waals surface area contributed by atoms with Crippen LogP contribution < -0.4 is 11.1 Å². The number of amides is 2. The Morgan fingerprint density at radius 3 is 3.06 bits per heavy atom. The monoisotopic (exact) mass is 239 g/mol. The minimum absolute atomic E-state index is 0.110. The fraction of sp³-hybridized carbons (Fsp3) is 0.400. The third-order valence-electron chi connectivity index (χ3n) is 2.44. The van der Waals surface area contributed by atoms with E-state index in [-0.39, 0.29) is 18.4 Å². The van der Waals surface area contributed by atoms with Crippen molar-refractivity contribution < 1.29 is 9.59 Å². The van der Waals surface area contributed by atoms with Gasteiger partial charge in [0.25, 0.3) is 5.91 Å². The van der Waals surface area contributed by atoms with Crippen LogP contribution in [0.5, 0.6) is 0 Å². The van der Waals surface area contributed by atoms with E-state index in [9.17, 15) is 9.59 Å². The number of hydrogen-bond donors (Lipinski definition) is 2. The van der Waals surface area contributed by atoms with E-state index < -0.39 is 0 Å². The van der Waals surface area contributed by atoms with Crippen molar-refractivity contribution in [2.24, 2.45) is 0 Å². The number of carbonyl (C=O) groups excluding carboxylic acids is 2. The minimum atomic E-state index is -0.149. The van der Waals surface area contributed by atoms with Crippen molar-refractivity contribution in [3.63, 3.8) is 0 Å². The number of carbonyl (C=O) groups is 2. The topological polar surface area (TPSA) is 75.4 Å². The Kier molecular flexibility index (Phi) is 3.09. The van der Waals surface area contributed by atoms with E-state index in [2.05, 4.69) is 5.32 Å². The summed E-state index contributed by atoms with van der Waals surface area (Å²) in [4.78, 5) is 25.4. The van der Waals surface area contributed by atoms with E-state index in [0.717, 1.165) is 6.42 Å². The largest absolute Gasteiger partial charge is 0.397 e. The molecule has 0 aromatic carbocycles. The number of nitrogens with zero attached hydrogens (tertiary/aromatic N) is 1. The van der Waals surface area contributed by atoms with Gasteiger partial charge in [0.2, 0.25) is 5.91 Å². The molecule has 86 valence electrons. The number of anilines is 1. The molecule has 1 saturated heterocycles. The second kappa shape index (κ2) is 4.52. The maximum atomic E-state index is 12.1. The van der Waals surface area contributed by atoms with E-state index in [1.165, 1.54) is 11.3 Å². The summed E-state index contributed by atoms with van der Waals surface area (Å²) in [5.41, 5.74) is 6.17. The fourth-order valence-electron chi connectivity index (χ4n) is 1.62. The van der Waals surface area contributed by atoms with Crippen LogP contribution >= 0.6 is 11.3 Å². The third kappa shape index (κ3) is 2.16. The Bertz CT molecular complexity index is 416. The fourth-order valence-corrected chi connectivity index (χ4v) is 2.40. The van der Waals surface area contributed by atoms with Gasteiger partial charge in [-0.2, -0.15) is 0 Å². The summed E-state index contributed by atoms with van der Waals surface area (Å²) in [6, 6.07) is 1.70. The molecule has 3 N–H and O–H groups in total. The predicted octanol–water partition coefficient (Wildman–Crippen LogP) is 0.292. The summed E-state index contributed by atoms with van der Waals surface area (Å²) < 4.78 is 0. The molecule has 16 heavy (non-hydrogen) atoms. The molecule has 1 aliphatic heterocycles. The van der Waals surface area contributed by atoms with Crippen LogP contribution in [0.1, 0.15) is 16.1 Å². The van der Waals surface area contributed by atoms with Crippen LogP contribution in [0, 0.1) is 0 Å². The molecule has 6 heteroatoms. The Labute approximate surface area is 97.2 Å². The molecule has 0 unspecified atom stereocenters. The number of thiophene rings is 1. The normalized spacial score (nSPS) is 16.8. The van der Waals surface area contributed by atoms with E-state index in [0.29, 0.717) is 23.7 Å². The summed E-state index contributed by atoms with van der Waals surface area (Å²) in [5.74, 6) is -0.259. The molecular weight excluding hydrogens is 226 g/mol. The molecule has 0 spiro atoms. The average Bonchev–Trinajstić information content (AvgIpc) is 2.55. The molecule has 5 nitrogen and oxygen atoms in total. The first-order chi connectivity index (χ1) is 7.68. The maximum Gasteiger partial charge on any atom is 0.266 e. The molecule has 2 amide bonds. The number of hydrogen-bond acceptors (Lipinski definition) is 4. The summed E-state index contributed by atoms with van der Waals surface area (Å²) >= 11 is 1.31. The SMILES string of the molecule is Nc1ccsc1C(=O)N1CCCNC(=O)C1. The van der Waals surface area contributed by atoms with Crippen LogP contribution in [0.4, 0.5) is 5.69 Å². The highest BCUT2D eigenvalue weighted by Crippen LogP contribution is 2.21. The first kappa shape index (κ1) is 10.9. The van der Waals surface area contributed by atoms with Gasteiger partial charge in [0.15, 0.2) is 0 Å². The van der Waals surface area contributed by atoms with Gasteiger partial charge in [0.1, 0.15) is 4.88 Å². The highest BCUT2D eigenvalue weighted by atomic mass is 32.1. The molecule has 1 fully saturated rings. The second-order valence-electron chi connectivity index (χ2n) is 3.64. The molecule has 0 bridgehead atoms. The zero-order valence-electron chi connectivity index (χ0n) is 8.73. The summed E-state index contributed by atoms with van der Waals surface area (Å²) in [6.45, 7) is 1.34. The van der Waals surface area contributed by atoms with Gasteiger partial charge in [-0.15, -0.1) is 11.3 Å². The summed E-state index contributed by atoms with van der Waals surface area (Å²) in [6.07, 6.45) is 0.781. The van der Waals surface area contributed by atoms with E-state index in [1.54, 1.807) is 16.3 Å². The van der Waals surface area contributed by atoms with Crippen molar-refractivity contribution in [2.45, 2.75) is 6.42 Å².